The molecular weight excluding hydrogens is 262 g/mol. The van der Waals surface area contributed by atoms with Gasteiger partial charge >= 0.3 is 0 Å². The van der Waals surface area contributed by atoms with Crippen LogP contribution < -0.4 is 5.73 Å². The van der Waals surface area contributed by atoms with E-state index in [1.807, 2.05) is 34.9 Å². The first-order valence-electron chi connectivity index (χ1n) is 5.81. The lowest BCUT2D eigenvalue weighted by atomic mass is 10.2. The van der Waals surface area contributed by atoms with Crippen molar-refractivity contribution in [3.8, 4) is 0 Å². The highest BCUT2D eigenvalue weighted by Gasteiger charge is 2.11. The van der Waals surface area contributed by atoms with Crippen LogP contribution in [0.15, 0.2) is 41.7 Å². The SMILES string of the molecule is NC(=O)CSc1ncc(CO)n1Cc1ccccc1. The molecule has 19 heavy (non-hydrogen) atoms. The molecule has 1 aromatic heterocycles. The Bertz CT molecular complexity index is 554. The van der Waals surface area contributed by atoms with E-state index < -0.39 is 0 Å². The summed E-state index contributed by atoms with van der Waals surface area (Å²) < 4.78 is 1.89. The molecule has 2 aromatic rings. The van der Waals surface area contributed by atoms with Gasteiger partial charge in [-0.3, -0.25) is 4.79 Å². The van der Waals surface area contributed by atoms with E-state index in [2.05, 4.69) is 4.98 Å². The van der Waals surface area contributed by atoms with Gasteiger partial charge in [0.25, 0.3) is 0 Å². The van der Waals surface area contributed by atoms with Gasteiger partial charge in [0, 0.05) is 6.54 Å². The fourth-order valence-corrected chi connectivity index (χ4v) is 2.44. The molecule has 3 N–H and O–H groups in total. The summed E-state index contributed by atoms with van der Waals surface area (Å²) in [5.74, 6) is -0.207. The average Bonchev–Trinajstić information content (AvgIpc) is 2.80. The molecule has 1 aromatic carbocycles. The van der Waals surface area contributed by atoms with Crippen LogP contribution in [-0.4, -0.2) is 26.3 Å². The van der Waals surface area contributed by atoms with E-state index >= 15 is 0 Å². The van der Waals surface area contributed by atoms with Gasteiger partial charge in [0.15, 0.2) is 5.16 Å². The number of nitrogens with two attached hydrogens (primary N) is 1. The maximum absolute atomic E-state index is 10.8. The lowest BCUT2D eigenvalue weighted by molar-refractivity contribution is -0.115. The van der Waals surface area contributed by atoms with Gasteiger partial charge in [-0.1, -0.05) is 42.1 Å². The molecule has 0 spiro atoms. The number of carbonyl (C=O) groups is 1. The van der Waals surface area contributed by atoms with Crippen molar-refractivity contribution in [3.05, 3.63) is 47.8 Å². The first-order chi connectivity index (χ1) is 9.20. The highest BCUT2D eigenvalue weighted by molar-refractivity contribution is 7.99. The second-order valence-corrected chi connectivity index (χ2v) is 4.96. The third-order valence-corrected chi connectivity index (χ3v) is 3.60. The molecule has 1 amide bonds. The smallest absolute Gasteiger partial charge is 0.227 e. The van der Waals surface area contributed by atoms with Crippen LogP contribution in [0, 0.1) is 0 Å². The summed E-state index contributed by atoms with van der Waals surface area (Å²) in [5.41, 5.74) is 6.96. The molecule has 0 radical (unpaired) electrons. The predicted molar refractivity (Wildman–Crippen MR) is 73.6 cm³/mol. The van der Waals surface area contributed by atoms with Crippen LogP contribution in [0.25, 0.3) is 0 Å². The largest absolute Gasteiger partial charge is 0.390 e. The van der Waals surface area contributed by atoms with E-state index in [1.54, 1.807) is 6.20 Å². The summed E-state index contributed by atoms with van der Waals surface area (Å²) in [6.07, 6.45) is 1.62. The van der Waals surface area contributed by atoms with Crippen LogP contribution in [0.3, 0.4) is 0 Å². The topological polar surface area (TPSA) is 81.1 Å². The van der Waals surface area contributed by atoms with Crippen LogP contribution in [0.5, 0.6) is 0 Å². The summed E-state index contributed by atoms with van der Waals surface area (Å²) in [7, 11) is 0. The first-order valence-corrected chi connectivity index (χ1v) is 6.79. The molecule has 0 saturated heterocycles. The second kappa shape index (κ2) is 6.40. The van der Waals surface area contributed by atoms with Gasteiger partial charge in [-0.15, -0.1) is 0 Å². The number of hydrogen-bond donors (Lipinski definition) is 2. The number of benzene rings is 1. The fourth-order valence-electron chi connectivity index (χ4n) is 1.70. The molecule has 0 aliphatic carbocycles. The van der Waals surface area contributed by atoms with Gasteiger partial charge in [-0.25, -0.2) is 4.98 Å². The third-order valence-electron chi connectivity index (χ3n) is 2.59. The van der Waals surface area contributed by atoms with Crippen LogP contribution in [0.4, 0.5) is 0 Å². The predicted octanol–water partition coefficient (Wildman–Crippen LogP) is 1.00. The minimum absolute atomic E-state index is 0.0863. The molecule has 0 aliphatic rings. The Morgan fingerprint density at radius 3 is 2.74 bits per heavy atom. The van der Waals surface area contributed by atoms with E-state index in [0.717, 1.165) is 11.3 Å². The molecule has 0 bridgehead atoms. The van der Waals surface area contributed by atoms with Crippen molar-refractivity contribution in [3.63, 3.8) is 0 Å². The van der Waals surface area contributed by atoms with Crippen molar-refractivity contribution in [2.75, 3.05) is 5.75 Å². The van der Waals surface area contributed by atoms with Crippen molar-refractivity contribution >= 4 is 17.7 Å². The highest BCUT2D eigenvalue weighted by Crippen LogP contribution is 2.20. The normalized spacial score (nSPS) is 10.6. The molecule has 2 rings (SSSR count). The lowest BCUT2D eigenvalue weighted by Gasteiger charge is -2.10. The molecule has 6 heteroatoms. The zero-order valence-corrected chi connectivity index (χ0v) is 11.1. The minimum atomic E-state index is -0.384. The Hall–Kier alpha value is -1.79. The van der Waals surface area contributed by atoms with Crippen molar-refractivity contribution in [1.82, 2.24) is 9.55 Å². The van der Waals surface area contributed by atoms with Crippen molar-refractivity contribution in [2.45, 2.75) is 18.3 Å². The number of nitrogens with zero attached hydrogens (tertiary/aromatic N) is 2. The number of amides is 1. The van der Waals surface area contributed by atoms with Gasteiger partial charge in [0.05, 0.1) is 24.3 Å². The van der Waals surface area contributed by atoms with E-state index in [-0.39, 0.29) is 18.3 Å². The van der Waals surface area contributed by atoms with Crippen LogP contribution in [-0.2, 0) is 17.9 Å². The number of carbonyl (C=O) groups excluding carboxylic acids is 1. The van der Waals surface area contributed by atoms with Crippen molar-refractivity contribution in [2.24, 2.45) is 5.73 Å². The van der Waals surface area contributed by atoms with Crippen molar-refractivity contribution < 1.29 is 9.90 Å². The second-order valence-electron chi connectivity index (χ2n) is 4.02. The Morgan fingerprint density at radius 2 is 2.11 bits per heavy atom. The number of aromatic nitrogens is 2. The average molecular weight is 277 g/mol. The summed E-state index contributed by atoms with van der Waals surface area (Å²) >= 11 is 1.28. The molecule has 0 unspecified atom stereocenters. The molecule has 0 fully saturated rings. The van der Waals surface area contributed by atoms with E-state index in [4.69, 9.17) is 5.73 Å². The third kappa shape index (κ3) is 3.59. The van der Waals surface area contributed by atoms with Gasteiger partial charge < -0.3 is 15.4 Å². The van der Waals surface area contributed by atoms with Crippen LogP contribution >= 0.6 is 11.8 Å². The minimum Gasteiger partial charge on any atom is -0.390 e. The van der Waals surface area contributed by atoms with E-state index in [9.17, 15) is 9.90 Å². The van der Waals surface area contributed by atoms with E-state index in [1.165, 1.54) is 11.8 Å². The van der Waals surface area contributed by atoms with Gasteiger partial charge in [-0.2, -0.15) is 0 Å². The Labute approximate surface area is 115 Å². The molecular formula is C13H15N3O2S. The van der Waals surface area contributed by atoms with E-state index in [0.29, 0.717) is 11.7 Å². The summed E-state index contributed by atoms with van der Waals surface area (Å²) in [4.78, 5) is 15.0. The van der Waals surface area contributed by atoms with Gasteiger partial charge in [-0.05, 0) is 5.56 Å². The molecule has 0 saturated carbocycles. The zero-order chi connectivity index (χ0) is 13.7. The van der Waals surface area contributed by atoms with Gasteiger partial charge in [0.2, 0.25) is 5.91 Å². The fraction of sp³-hybridized carbons (Fsp3) is 0.231. The van der Waals surface area contributed by atoms with Crippen LogP contribution in [0.1, 0.15) is 11.3 Å². The quantitative estimate of drug-likeness (QED) is 0.772. The lowest BCUT2D eigenvalue weighted by Crippen LogP contribution is -2.14. The number of aliphatic hydroxyl groups is 1. The molecule has 0 atom stereocenters. The number of aliphatic hydroxyl groups excluding tert-OH is 1. The number of primary amides is 1. The number of rotatable bonds is 6. The van der Waals surface area contributed by atoms with Crippen molar-refractivity contribution in [1.29, 1.82) is 0 Å². The Kier molecular flexibility index (Phi) is 4.59. The van der Waals surface area contributed by atoms with Crippen LogP contribution in [0.2, 0.25) is 0 Å². The molecule has 1 heterocycles. The summed E-state index contributed by atoms with van der Waals surface area (Å²) in [5, 5.41) is 10.0. The molecule has 100 valence electrons. The number of thioether (sulfide) groups is 1. The maximum atomic E-state index is 10.8. The number of hydrogen-bond acceptors (Lipinski definition) is 4. The highest BCUT2D eigenvalue weighted by atomic mass is 32.2. The summed E-state index contributed by atoms with van der Waals surface area (Å²) in [6, 6.07) is 9.88. The summed E-state index contributed by atoms with van der Waals surface area (Å²) in [6.45, 7) is 0.523. The Morgan fingerprint density at radius 1 is 1.37 bits per heavy atom. The standard InChI is InChI=1S/C13H15N3O2S/c14-12(18)9-19-13-15-6-11(8-17)16(13)7-10-4-2-1-3-5-10/h1-6,17H,7-9H2,(H2,14,18). The Balaban J connectivity index is 2.21. The number of imidazole rings is 1. The monoisotopic (exact) mass is 277 g/mol. The zero-order valence-electron chi connectivity index (χ0n) is 10.3. The maximum Gasteiger partial charge on any atom is 0.227 e. The van der Waals surface area contributed by atoms with Gasteiger partial charge in [0.1, 0.15) is 0 Å². The molecule has 5 nitrogen and oxygen atoms in total. The first kappa shape index (κ1) is 13.6. The molecule has 0 aliphatic heterocycles.